The molecule has 1 unspecified atom stereocenters. The second-order valence-electron chi connectivity index (χ2n) is 5.75. The van der Waals surface area contributed by atoms with Crippen LogP contribution in [0.15, 0.2) is 30.3 Å². The number of benzene rings is 1. The molecule has 0 amide bonds. The van der Waals surface area contributed by atoms with Crippen LogP contribution in [0.4, 0.5) is 0 Å². The van der Waals surface area contributed by atoms with Gasteiger partial charge in [-0.25, -0.2) is 13.1 Å². The summed E-state index contributed by atoms with van der Waals surface area (Å²) in [6.45, 7) is 0. The highest BCUT2D eigenvalue weighted by Gasteiger charge is 2.36. The molecule has 130 valence electrons. The minimum absolute atomic E-state index is 0.0833. The van der Waals surface area contributed by atoms with Crippen molar-refractivity contribution in [2.45, 2.75) is 37.2 Å². The van der Waals surface area contributed by atoms with Gasteiger partial charge in [0.15, 0.2) is 0 Å². The van der Waals surface area contributed by atoms with Gasteiger partial charge < -0.3 is 14.2 Å². The van der Waals surface area contributed by atoms with E-state index in [9.17, 15) is 8.42 Å². The van der Waals surface area contributed by atoms with Gasteiger partial charge in [0, 0.05) is 27.4 Å². The molecule has 0 heterocycles. The Morgan fingerprint density at radius 1 is 1.09 bits per heavy atom. The maximum absolute atomic E-state index is 12.4. The zero-order chi connectivity index (χ0) is 16.9. The smallest absolute Gasteiger partial charge is 0.214 e. The molecule has 0 radical (unpaired) electrons. The van der Waals surface area contributed by atoms with Gasteiger partial charge in [-0.1, -0.05) is 30.3 Å². The van der Waals surface area contributed by atoms with Gasteiger partial charge in [-0.2, -0.15) is 0 Å². The molecule has 0 aliphatic heterocycles. The van der Waals surface area contributed by atoms with Gasteiger partial charge in [0.1, 0.15) is 0 Å². The van der Waals surface area contributed by atoms with Gasteiger partial charge in [-0.05, 0) is 18.4 Å². The normalized spacial score (nSPS) is 24.0. The lowest BCUT2D eigenvalue weighted by Gasteiger charge is -2.18. The Balaban J connectivity index is 1.99. The highest BCUT2D eigenvalue weighted by molar-refractivity contribution is 7.89. The quantitative estimate of drug-likeness (QED) is 0.774. The van der Waals surface area contributed by atoms with Crippen molar-refractivity contribution >= 4 is 10.0 Å². The van der Waals surface area contributed by atoms with Crippen molar-refractivity contribution in [2.75, 3.05) is 27.1 Å². The van der Waals surface area contributed by atoms with Gasteiger partial charge >= 0.3 is 0 Å². The van der Waals surface area contributed by atoms with Crippen LogP contribution in [0, 0.1) is 0 Å². The Bertz CT molecular complexity index is 565. The van der Waals surface area contributed by atoms with E-state index >= 15 is 0 Å². The molecule has 3 atom stereocenters. The molecule has 0 bridgehead atoms. The number of methoxy groups -OCH3 is 3. The Morgan fingerprint density at radius 3 is 2.13 bits per heavy atom. The number of sulfonamides is 1. The minimum Gasteiger partial charge on any atom is -0.379 e. The van der Waals surface area contributed by atoms with Gasteiger partial charge in [0.2, 0.25) is 10.0 Å². The first kappa shape index (κ1) is 18.4. The third-order valence-corrected chi connectivity index (χ3v) is 5.66. The Hall–Kier alpha value is -0.990. The summed E-state index contributed by atoms with van der Waals surface area (Å²) in [5.41, 5.74) is 0.844. The molecule has 1 aliphatic carbocycles. The van der Waals surface area contributed by atoms with E-state index in [4.69, 9.17) is 14.2 Å². The van der Waals surface area contributed by atoms with E-state index in [2.05, 4.69) is 4.72 Å². The maximum Gasteiger partial charge on any atom is 0.214 e. The third-order valence-electron chi connectivity index (χ3n) is 4.23. The van der Waals surface area contributed by atoms with E-state index in [1.54, 1.807) is 14.2 Å². The molecule has 1 saturated carbocycles. The summed E-state index contributed by atoms with van der Waals surface area (Å²) < 4.78 is 43.7. The number of nitrogens with one attached hydrogen (secondary N) is 1. The summed E-state index contributed by atoms with van der Waals surface area (Å²) in [5.74, 6) is -0.112. The zero-order valence-electron chi connectivity index (χ0n) is 13.8. The Kier molecular flexibility index (Phi) is 6.55. The Morgan fingerprint density at radius 2 is 1.65 bits per heavy atom. The van der Waals surface area contributed by atoms with Crippen LogP contribution in [0.5, 0.6) is 0 Å². The van der Waals surface area contributed by atoms with Gasteiger partial charge in [0.25, 0.3) is 0 Å². The van der Waals surface area contributed by atoms with Crippen molar-refractivity contribution in [3.8, 4) is 0 Å². The van der Waals surface area contributed by atoms with Crippen molar-refractivity contribution < 1.29 is 22.6 Å². The minimum atomic E-state index is -3.47. The second kappa shape index (κ2) is 8.21. The zero-order valence-corrected chi connectivity index (χ0v) is 14.6. The van der Waals surface area contributed by atoms with Crippen LogP contribution in [0.25, 0.3) is 0 Å². The van der Waals surface area contributed by atoms with Crippen molar-refractivity contribution in [3.05, 3.63) is 35.9 Å². The first-order valence-electron chi connectivity index (χ1n) is 7.62. The molecule has 1 aromatic carbocycles. The van der Waals surface area contributed by atoms with Crippen LogP contribution in [-0.2, 0) is 24.2 Å². The van der Waals surface area contributed by atoms with Crippen LogP contribution in [0.2, 0.25) is 0 Å². The van der Waals surface area contributed by atoms with E-state index in [1.165, 1.54) is 7.11 Å². The van der Waals surface area contributed by atoms with Crippen molar-refractivity contribution in [1.82, 2.24) is 4.72 Å². The fourth-order valence-electron chi connectivity index (χ4n) is 3.02. The lowest BCUT2D eigenvalue weighted by molar-refractivity contribution is -0.0157. The van der Waals surface area contributed by atoms with Crippen molar-refractivity contribution in [2.24, 2.45) is 0 Å². The monoisotopic (exact) mass is 343 g/mol. The number of ether oxygens (including phenoxy) is 3. The SMILES string of the molecule is COC(CS(=O)(=O)NC1C[C@@H](OC)[C@H](OC)C1)c1ccccc1. The summed E-state index contributed by atoms with van der Waals surface area (Å²) in [7, 11) is 1.27. The van der Waals surface area contributed by atoms with Gasteiger partial charge in [-0.15, -0.1) is 0 Å². The molecular weight excluding hydrogens is 318 g/mol. The van der Waals surface area contributed by atoms with Crippen LogP contribution in [0.3, 0.4) is 0 Å². The molecule has 2 rings (SSSR count). The predicted molar refractivity (Wildman–Crippen MR) is 87.7 cm³/mol. The molecule has 1 aliphatic rings. The topological polar surface area (TPSA) is 73.9 Å². The predicted octanol–water partition coefficient (Wildman–Crippen LogP) is 1.49. The second-order valence-corrected chi connectivity index (χ2v) is 7.55. The fourth-order valence-corrected chi connectivity index (χ4v) is 4.55. The van der Waals surface area contributed by atoms with E-state index in [0.29, 0.717) is 12.8 Å². The van der Waals surface area contributed by atoms with E-state index < -0.39 is 16.1 Å². The summed E-state index contributed by atoms with van der Waals surface area (Å²) in [5, 5.41) is 0. The van der Waals surface area contributed by atoms with E-state index in [1.807, 2.05) is 30.3 Å². The van der Waals surface area contributed by atoms with Gasteiger partial charge in [0.05, 0.1) is 24.1 Å². The molecule has 0 aromatic heterocycles. The maximum atomic E-state index is 12.4. The van der Waals surface area contributed by atoms with Crippen molar-refractivity contribution in [3.63, 3.8) is 0 Å². The first-order chi connectivity index (χ1) is 11.0. The number of rotatable bonds is 8. The highest BCUT2D eigenvalue weighted by Crippen LogP contribution is 2.26. The lowest BCUT2D eigenvalue weighted by atomic mass is 10.1. The van der Waals surface area contributed by atoms with E-state index in [0.717, 1.165) is 5.56 Å². The van der Waals surface area contributed by atoms with Crippen molar-refractivity contribution in [1.29, 1.82) is 0 Å². The van der Waals surface area contributed by atoms with Crippen LogP contribution in [0.1, 0.15) is 24.5 Å². The Labute approximate surface area is 138 Å². The molecule has 7 heteroatoms. The summed E-state index contributed by atoms with van der Waals surface area (Å²) in [6, 6.07) is 9.16. The van der Waals surface area contributed by atoms with Gasteiger partial charge in [-0.3, -0.25) is 0 Å². The largest absolute Gasteiger partial charge is 0.379 e. The molecule has 1 N–H and O–H groups in total. The summed E-state index contributed by atoms with van der Waals surface area (Å²) in [4.78, 5) is 0. The summed E-state index contributed by atoms with van der Waals surface area (Å²) >= 11 is 0. The van der Waals surface area contributed by atoms with Crippen LogP contribution >= 0.6 is 0 Å². The van der Waals surface area contributed by atoms with Crippen LogP contribution < -0.4 is 4.72 Å². The number of hydrogen-bond acceptors (Lipinski definition) is 5. The molecule has 6 nitrogen and oxygen atoms in total. The average molecular weight is 343 g/mol. The lowest BCUT2D eigenvalue weighted by Crippen LogP contribution is -2.37. The molecular formula is C16H25NO5S. The molecule has 23 heavy (non-hydrogen) atoms. The molecule has 1 fully saturated rings. The van der Waals surface area contributed by atoms with Crippen LogP contribution in [-0.4, -0.2) is 53.7 Å². The first-order valence-corrected chi connectivity index (χ1v) is 9.27. The summed E-state index contributed by atoms with van der Waals surface area (Å²) in [6.07, 6.45) is 0.556. The molecule has 1 aromatic rings. The molecule has 0 saturated heterocycles. The molecule has 0 spiro atoms. The average Bonchev–Trinajstić information content (AvgIpc) is 2.94. The highest BCUT2D eigenvalue weighted by atomic mass is 32.2. The standard InChI is InChI=1S/C16H25NO5S/c1-20-14-9-13(10-15(14)21-2)17-23(18,19)11-16(22-3)12-7-5-4-6-8-12/h4-8,13-17H,9-11H2,1-3H3/t14-,15-,16?/m1/s1. The fraction of sp³-hybridized carbons (Fsp3) is 0.625. The third kappa shape index (κ3) is 4.99. The number of hydrogen-bond donors (Lipinski definition) is 1. The van der Waals surface area contributed by atoms with E-state index in [-0.39, 0.29) is 24.0 Å².